The molecule has 0 aromatic heterocycles. The van der Waals surface area contributed by atoms with Crippen LogP contribution in [0, 0.1) is 11.3 Å². The van der Waals surface area contributed by atoms with Crippen LogP contribution in [0.4, 0.5) is 5.69 Å². The summed E-state index contributed by atoms with van der Waals surface area (Å²) in [5, 5.41) is 12.0. The highest BCUT2D eigenvalue weighted by molar-refractivity contribution is 5.63. The van der Waals surface area contributed by atoms with E-state index in [9.17, 15) is 0 Å². The van der Waals surface area contributed by atoms with Gasteiger partial charge < -0.3 is 15.0 Å². The smallest absolute Gasteiger partial charge is 0.143 e. The van der Waals surface area contributed by atoms with Crippen LogP contribution in [0.5, 0.6) is 5.75 Å². The van der Waals surface area contributed by atoms with Gasteiger partial charge >= 0.3 is 0 Å². The number of nitriles is 1. The standard InChI is InChI=1S/C13H17N3O/c1-9-13(8-15-2)17-12-5-4-10(7-14)6-11(12)16(9)3/h4-6,9,13,15H,8H2,1-3H3. The van der Waals surface area contributed by atoms with Crippen LogP contribution in [-0.2, 0) is 0 Å². The summed E-state index contributed by atoms with van der Waals surface area (Å²) < 4.78 is 5.94. The quantitative estimate of drug-likeness (QED) is 0.835. The third-order valence-corrected chi connectivity index (χ3v) is 3.30. The van der Waals surface area contributed by atoms with E-state index in [2.05, 4.69) is 23.2 Å². The van der Waals surface area contributed by atoms with Crippen LogP contribution >= 0.6 is 0 Å². The van der Waals surface area contributed by atoms with Crippen LogP contribution in [0.25, 0.3) is 0 Å². The fraction of sp³-hybridized carbons (Fsp3) is 0.462. The van der Waals surface area contributed by atoms with Crippen molar-refractivity contribution >= 4 is 5.69 Å². The number of likely N-dealkylation sites (N-methyl/N-ethyl adjacent to an activating group) is 2. The number of benzene rings is 1. The van der Waals surface area contributed by atoms with Gasteiger partial charge in [-0.15, -0.1) is 0 Å². The molecule has 1 aromatic carbocycles. The highest BCUT2D eigenvalue weighted by Gasteiger charge is 2.30. The van der Waals surface area contributed by atoms with Crippen molar-refractivity contribution in [3.8, 4) is 11.8 Å². The van der Waals surface area contributed by atoms with Crippen LogP contribution in [-0.4, -0.2) is 32.8 Å². The van der Waals surface area contributed by atoms with Gasteiger partial charge in [0.15, 0.2) is 0 Å². The molecule has 2 unspecified atom stereocenters. The summed E-state index contributed by atoms with van der Waals surface area (Å²) in [5.74, 6) is 0.852. The van der Waals surface area contributed by atoms with Gasteiger partial charge in [0, 0.05) is 13.6 Å². The van der Waals surface area contributed by atoms with E-state index in [0.717, 1.165) is 18.0 Å². The molecule has 1 aromatic rings. The summed E-state index contributed by atoms with van der Waals surface area (Å²) in [6, 6.07) is 7.98. The third kappa shape index (κ3) is 2.06. The predicted molar refractivity (Wildman–Crippen MR) is 67.4 cm³/mol. The van der Waals surface area contributed by atoms with Gasteiger partial charge in [0.05, 0.1) is 23.4 Å². The molecule has 0 spiro atoms. The molecular formula is C13H17N3O. The van der Waals surface area contributed by atoms with E-state index in [-0.39, 0.29) is 12.1 Å². The minimum Gasteiger partial charge on any atom is -0.485 e. The van der Waals surface area contributed by atoms with Gasteiger partial charge in [-0.3, -0.25) is 0 Å². The monoisotopic (exact) mass is 231 g/mol. The molecule has 0 aliphatic carbocycles. The highest BCUT2D eigenvalue weighted by atomic mass is 16.5. The number of ether oxygens (including phenoxy) is 1. The largest absolute Gasteiger partial charge is 0.485 e. The molecule has 0 fully saturated rings. The summed E-state index contributed by atoms with van der Waals surface area (Å²) in [5.41, 5.74) is 1.65. The maximum absolute atomic E-state index is 8.91. The van der Waals surface area contributed by atoms with E-state index in [4.69, 9.17) is 10.00 Å². The molecular weight excluding hydrogens is 214 g/mol. The number of hydrogen-bond acceptors (Lipinski definition) is 4. The first-order valence-electron chi connectivity index (χ1n) is 5.75. The van der Waals surface area contributed by atoms with Gasteiger partial charge in [-0.05, 0) is 32.2 Å². The molecule has 0 saturated heterocycles. The third-order valence-electron chi connectivity index (χ3n) is 3.30. The second kappa shape index (κ2) is 4.64. The van der Waals surface area contributed by atoms with E-state index < -0.39 is 0 Å². The zero-order valence-corrected chi connectivity index (χ0v) is 10.4. The molecule has 1 N–H and O–H groups in total. The topological polar surface area (TPSA) is 48.3 Å². The average molecular weight is 231 g/mol. The van der Waals surface area contributed by atoms with Crippen molar-refractivity contribution in [2.45, 2.75) is 19.1 Å². The van der Waals surface area contributed by atoms with Gasteiger partial charge in [-0.25, -0.2) is 0 Å². The Bertz CT molecular complexity index is 452. The molecule has 1 aliphatic heterocycles. The maximum atomic E-state index is 8.91. The fourth-order valence-electron chi connectivity index (χ4n) is 2.11. The Morgan fingerprint density at radius 1 is 1.53 bits per heavy atom. The summed E-state index contributed by atoms with van der Waals surface area (Å²) >= 11 is 0. The first-order chi connectivity index (χ1) is 8.17. The second-order valence-electron chi connectivity index (χ2n) is 4.36. The van der Waals surface area contributed by atoms with Gasteiger partial charge in [0.1, 0.15) is 11.9 Å². The van der Waals surface area contributed by atoms with Gasteiger partial charge in [-0.2, -0.15) is 5.26 Å². The maximum Gasteiger partial charge on any atom is 0.143 e. The Kier molecular flexibility index (Phi) is 3.21. The van der Waals surface area contributed by atoms with Gasteiger partial charge in [-0.1, -0.05) is 0 Å². The normalized spacial score (nSPS) is 22.6. The van der Waals surface area contributed by atoms with Crippen LogP contribution in [0.1, 0.15) is 12.5 Å². The lowest BCUT2D eigenvalue weighted by atomic mass is 10.1. The van der Waals surface area contributed by atoms with Crippen LogP contribution in [0.2, 0.25) is 0 Å². The van der Waals surface area contributed by atoms with E-state index in [1.165, 1.54) is 0 Å². The number of anilines is 1. The molecule has 2 atom stereocenters. The minimum absolute atomic E-state index is 0.130. The Balaban J connectivity index is 2.35. The Morgan fingerprint density at radius 2 is 2.29 bits per heavy atom. The Morgan fingerprint density at radius 3 is 2.94 bits per heavy atom. The Hall–Kier alpha value is -1.73. The van der Waals surface area contributed by atoms with Gasteiger partial charge in [0.25, 0.3) is 0 Å². The summed E-state index contributed by atoms with van der Waals surface area (Å²) in [6.07, 6.45) is 0.130. The average Bonchev–Trinajstić information content (AvgIpc) is 2.35. The lowest BCUT2D eigenvalue weighted by molar-refractivity contribution is 0.160. The number of nitrogens with one attached hydrogen (secondary N) is 1. The minimum atomic E-state index is 0.130. The molecule has 17 heavy (non-hydrogen) atoms. The number of fused-ring (bicyclic) bond motifs is 1. The molecule has 0 radical (unpaired) electrons. The molecule has 4 heteroatoms. The number of nitrogens with zero attached hydrogens (tertiary/aromatic N) is 2. The summed E-state index contributed by atoms with van der Waals surface area (Å²) in [4.78, 5) is 2.17. The van der Waals surface area contributed by atoms with Crippen molar-refractivity contribution in [2.24, 2.45) is 0 Å². The zero-order chi connectivity index (χ0) is 12.4. The summed E-state index contributed by atoms with van der Waals surface area (Å²) in [6.45, 7) is 2.94. The van der Waals surface area contributed by atoms with E-state index in [1.54, 1.807) is 6.07 Å². The molecule has 4 nitrogen and oxygen atoms in total. The molecule has 1 aliphatic rings. The molecule has 0 amide bonds. The van der Waals surface area contributed by atoms with Crippen molar-refractivity contribution in [3.05, 3.63) is 23.8 Å². The lowest BCUT2D eigenvalue weighted by Gasteiger charge is -2.39. The van der Waals surface area contributed by atoms with Crippen molar-refractivity contribution in [3.63, 3.8) is 0 Å². The van der Waals surface area contributed by atoms with Crippen molar-refractivity contribution in [1.82, 2.24) is 5.32 Å². The van der Waals surface area contributed by atoms with Crippen LogP contribution < -0.4 is 15.0 Å². The zero-order valence-electron chi connectivity index (χ0n) is 10.4. The number of hydrogen-bond donors (Lipinski definition) is 1. The summed E-state index contributed by atoms with van der Waals surface area (Å²) in [7, 11) is 3.96. The highest BCUT2D eigenvalue weighted by Crippen LogP contribution is 2.35. The molecule has 2 rings (SSSR count). The van der Waals surface area contributed by atoms with Crippen molar-refractivity contribution in [1.29, 1.82) is 5.26 Å². The Labute approximate surface area is 102 Å². The van der Waals surface area contributed by atoms with Gasteiger partial charge in [0.2, 0.25) is 0 Å². The fourth-order valence-corrected chi connectivity index (χ4v) is 2.11. The van der Waals surface area contributed by atoms with Crippen LogP contribution in [0.3, 0.4) is 0 Å². The molecule has 1 heterocycles. The van der Waals surface area contributed by atoms with E-state index >= 15 is 0 Å². The van der Waals surface area contributed by atoms with E-state index in [0.29, 0.717) is 5.56 Å². The number of rotatable bonds is 2. The van der Waals surface area contributed by atoms with Crippen LogP contribution in [0.15, 0.2) is 18.2 Å². The first kappa shape index (κ1) is 11.7. The van der Waals surface area contributed by atoms with Crippen molar-refractivity contribution < 1.29 is 4.74 Å². The first-order valence-corrected chi connectivity index (χ1v) is 5.75. The predicted octanol–water partition coefficient (Wildman–Crippen LogP) is 1.36. The lowest BCUT2D eigenvalue weighted by Crippen LogP contribution is -2.50. The molecule has 0 saturated carbocycles. The van der Waals surface area contributed by atoms with E-state index in [1.807, 2.05) is 26.2 Å². The SMILES string of the molecule is CNCC1Oc2ccc(C#N)cc2N(C)C1C. The molecule has 0 bridgehead atoms. The van der Waals surface area contributed by atoms with Crippen molar-refractivity contribution in [2.75, 3.05) is 25.5 Å². The second-order valence-corrected chi connectivity index (χ2v) is 4.36. The molecule has 90 valence electrons.